The van der Waals surface area contributed by atoms with E-state index in [2.05, 4.69) is 10.6 Å². The first-order chi connectivity index (χ1) is 9.74. The van der Waals surface area contributed by atoms with Gasteiger partial charge in [-0.3, -0.25) is 4.79 Å². The van der Waals surface area contributed by atoms with E-state index in [9.17, 15) is 4.79 Å². The lowest BCUT2D eigenvalue weighted by molar-refractivity contribution is -0.125. The molecule has 0 radical (unpaired) electrons. The molecule has 0 spiro atoms. The molecule has 2 N–H and O–H groups in total. The van der Waals surface area contributed by atoms with Crippen molar-refractivity contribution in [2.45, 2.75) is 19.4 Å². The van der Waals surface area contributed by atoms with Gasteiger partial charge in [0.25, 0.3) is 0 Å². The zero-order valence-corrected chi connectivity index (χ0v) is 13.3. The van der Waals surface area contributed by atoms with Crippen LogP contribution in [0.4, 0.5) is 0 Å². The van der Waals surface area contributed by atoms with Crippen LogP contribution >= 0.6 is 12.4 Å². The Kier molecular flexibility index (Phi) is 7.32. The van der Waals surface area contributed by atoms with Crippen LogP contribution in [-0.2, 0) is 11.3 Å². The van der Waals surface area contributed by atoms with Crippen molar-refractivity contribution in [3.05, 3.63) is 23.8 Å². The Morgan fingerprint density at radius 1 is 1.33 bits per heavy atom. The van der Waals surface area contributed by atoms with Crippen molar-refractivity contribution < 1.29 is 14.3 Å². The van der Waals surface area contributed by atoms with E-state index in [4.69, 9.17) is 9.47 Å². The fourth-order valence-corrected chi connectivity index (χ4v) is 2.40. The summed E-state index contributed by atoms with van der Waals surface area (Å²) in [6, 6.07) is 5.67. The molecule has 2 rings (SSSR count). The number of carbonyl (C=O) groups excluding carboxylic acids is 1. The van der Waals surface area contributed by atoms with Crippen LogP contribution in [0.5, 0.6) is 11.5 Å². The van der Waals surface area contributed by atoms with Gasteiger partial charge in [-0.2, -0.15) is 0 Å². The number of rotatable bonds is 5. The standard InChI is InChI=1S/C15H22N2O3.ClH/c1-19-13-6-5-11(8-14(13)20-2)9-17-15(18)12-4-3-7-16-10-12;/h5-6,8,12,16H,3-4,7,9-10H2,1-2H3,(H,17,18);1H/t12-;/m1./s1. The molecular formula is C15H23ClN2O3. The third-order valence-corrected chi connectivity index (χ3v) is 3.58. The van der Waals surface area contributed by atoms with Gasteiger partial charge < -0.3 is 20.1 Å². The molecule has 5 nitrogen and oxygen atoms in total. The summed E-state index contributed by atoms with van der Waals surface area (Å²) in [6.07, 6.45) is 2.03. The molecule has 0 bridgehead atoms. The molecule has 1 aliphatic heterocycles. The van der Waals surface area contributed by atoms with Crippen molar-refractivity contribution in [1.29, 1.82) is 0 Å². The van der Waals surface area contributed by atoms with E-state index in [1.54, 1.807) is 14.2 Å². The average molecular weight is 315 g/mol. The number of amides is 1. The second-order valence-electron chi connectivity index (χ2n) is 4.95. The molecule has 1 atom stereocenters. The predicted octanol–water partition coefficient (Wildman–Crippen LogP) is 1.74. The number of nitrogens with one attached hydrogen (secondary N) is 2. The Bertz CT molecular complexity index is 462. The zero-order valence-electron chi connectivity index (χ0n) is 12.5. The molecule has 1 aromatic carbocycles. The van der Waals surface area contributed by atoms with Gasteiger partial charge in [-0.1, -0.05) is 6.07 Å². The van der Waals surface area contributed by atoms with E-state index < -0.39 is 0 Å². The van der Waals surface area contributed by atoms with Crippen molar-refractivity contribution in [3.8, 4) is 11.5 Å². The van der Waals surface area contributed by atoms with Crippen LogP contribution in [0.3, 0.4) is 0 Å². The summed E-state index contributed by atoms with van der Waals surface area (Å²) in [5, 5.41) is 6.23. The largest absolute Gasteiger partial charge is 0.493 e. The quantitative estimate of drug-likeness (QED) is 0.869. The third-order valence-electron chi connectivity index (χ3n) is 3.58. The van der Waals surface area contributed by atoms with Gasteiger partial charge in [0.1, 0.15) is 0 Å². The fraction of sp³-hybridized carbons (Fsp3) is 0.533. The highest BCUT2D eigenvalue weighted by Gasteiger charge is 2.20. The minimum Gasteiger partial charge on any atom is -0.493 e. The molecular weight excluding hydrogens is 292 g/mol. The summed E-state index contributed by atoms with van der Waals surface area (Å²) in [5.74, 6) is 1.58. The molecule has 21 heavy (non-hydrogen) atoms. The van der Waals surface area contributed by atoms with Gasteiger partial charge in [0.2, 0.25) is 5.91 Å². The van der Waals surface area contributed by atoms with Crippen LogP contribution < -0.4 is 20.1 Å². The first-order valence-corrected chi connectivity index (χ1v) is 6.94. The van der Waals surface area contributed by atoms with Crippen molar-refractivity contribution in [1.82, 2.24) is 10.6 Å². The maximum atomic E-state index is 12.0. The number of benzene rings is 1. The molecule has 0 aromatic heterocycles. The highest BCUT2D eigenvalue weighted by atomic mass is 35.5. The molecule has 0 aliphatic carbocycles. The highest BCUT2D eigenvalue weighted by molar-refractivity contribution is 5.85. The van der Waals surface area contributed by atoms with E-state index in [-0.39, 0.29) is 24.2 Å². The van der Waals surface area contributed by atoms with Crippen LogP contribution in [0.25, 0.3) is 0 Å². The molecule has 1 amide bonds. The number of carbonyl (C=O) groups is 1. The minimum absolute atomic E-state index is 0. The van der Waals surface area contributed by atoms with Gasteiger partial charge in [0.05, 0.1) is 20.1 Å². The molecule has 0 unspecified atom stereocenters. The summed E-state index contributed by atoms with van der Waals surface area (Å²) >= 11 is 0. The van der Waals surface area contributed by atoms with Gasteiger partial charge >= 0.3 is 0 Å². The monoisotopic (exact) mass is 314 g/mol. The lowest BCUT2D eigenvalue weighted by atomic mass is 9.99. The SMILES string of the molecule is COc1ccc(CNC(=O)[C@@H]2CCCNC2)cc1OC.Cl. The fourth-order valence-electron chi connectivity index (χ4n) is 2.40. The number of methoxy groups -OCH3 is 2. The topological polar surface area (TPSA) is 59.6 Å². The van der Waals surface area contributed by atoms with E-state index >= 15 is 0 Å². The summed E-state index contributed by atoms with van der Waals surface area (Å²) in [4.78, 5) is 12.0. The number of ether oxygens (including phenoxy) is 2. The lowest BCUT2D eigenvalue weighted by Crippen LogP contribution is -2.40. The normalized spacial score (nSPS) is 17.5. The maximum Gasteiger partial charge on any atom is 0.224 e. The Balaban J connectivity index is 0.00000220. The van der Waals surface area contributed by atoms with Gasteiger partial charge in [-0.05, 0) is 37.1 Å². The first-order valence-electron chi connectivity index (χ1n) is 6.94. The maximum absolute atomic E-state index is 12.0. The summed E-state index contributed by atoms with van der Waals surface area (Å²) in [5.41, 5.74) is 1.000. The Labute approximate surface area is 131 Å². The zero-order chi connectivity index (χ0) is 14.4. The van der Waals surface area contributed by atoms with Crippen LogP contribution in [0.2, 0.25) is 0 Å². The van der Waals surface area contributed by atoms with Gasteiger partial charge in [-0.25, -0.2) is 0 Å². The lowest BCUT2D eigenvalue weighted by Gasteiger charge is -2.22. The van der Waals surface area contributed by atoms with Crippen molar-refractivity contribution in [2.24, 2.45) is 5.92 Å². The Hall–Kier alpha value is -1.46. The van der Waals surface area contributed by atoms with Gasteiger partial charge in [0.15, 0.2) is 11.5 Å². The van der Waals surface area contributed by atoms with Gasteiger partial charge in [0, 0.05) is 13.1 Å². The molecule has 1 aromatic rings. The van der Waals surface area contributed by atoms with E-state index in [1.807, 2.05) is 18.2 Å². The van der Waals surface area contributed by atoms with Crippen LogP contribution in [0.1, 0.15) is 18.4 Å². The average Bonchev–Trinajstić information content (AvgIpc) is 2.53. The third kappa shape index (κ3) is 4.79. The van der Waals surface area contributed by atoms with Crippen molar-refractivity contribution in [2.75, 3.05) is 27.3 Å². The summed E-state index contributed by atoms with van der Waals surface area (Å²) in [6.45, 7) is 2.30. The second kappa shape index (κ2) is 8.74. The molecule has 1 fully saturated rings. The molecule has 118 valence electrons. The minimum atomic E-state index is 0. The number of hydrogen-bond donors (Lipinski definition) is 2. The highest BCUT2D eigenvalue weighted by Crippen LogP contribution is 2.27. The summed E-state index contributed by atoms with van der Waals surface area (Å²) in [7, 11) is 3.21. The van der Waals surface area contributed by atoms with Crippen LogP contribution in [0, 0.1) is 5.92 Å². The molecule has 1 saturated heterocycles. The number of halogens is 1. The van der Waals surface area contributed by atoms with Gasteiger partial charge in [-0.15, -0.1) is 12.4 Å². The molecule has 0 saturated carbocycles. The Morgan fingerprint density at radius 2 is 2.10 bits per heavy atom. The second-order valence-corrected chi connectivity index (χ2v) is 4.95. The van der Waals surface area contributed by atoms with Crippen molar-refractivity contribution in [3.63, 3.8) is 0 Å². The number of piperidine rings is 1. The summed E-state index contributed by atoms with van der Waals surface area (Å²) < 4.78 is 10.4. The van der Waals surface area contributed by atoms with Crippen molar-refractivity contribution >= 4 is 18.3 Å². The molecule has 1 aliphatic rings. The number of hydrogen-bond acceptors (Lipinski definition) is 4. The van der Waals surface area contributed by atoms with E-state index in [1.165, 1.54) is 0 Å². The molecule has 1 heterocycles. The Morgan fingerprint density at radius 3 is 2.71 bits per heavy atom. The van der Waals surface area contributed by atoms with Crippen LogP contribution in [0.15, 0.2) is 18.2 Å². The van der Waals surface area contributed by atoms with E-state index in [0.29, 0.717) is 18.0 Å². The van der Waals surface area contributed by atoms with Crippen LogP contribution in [-0.4, -0.2) is 33.2 Å². The smallest absolute Gasteiger partial charge is 0.224 e. The molecule has 6 heteroatoms. The van der Waals surface area contributed by atoms with E-state index in [0.717, 1.165) is 31.5 Å². The predicted molar refractivity (Wildman–Crippen MR) is 84.2 cm³/mol. The first kappa shape index (κ1) is 17.6.